The van der Waals surface area contributed by atoms with E-state index in [1.54, 1.807) is 23.5 Å². The van der Waals surface area contributed by atoms with Gasteiger partial charge < -0.3 is 0 Å². The molecule has 0 amide bonds. The zero-order valence-corrected chi connectivity index (χ0v) is 12.1. The van der Waals surface area contributed by atoms with Gasteiger partial charge in [-0.15, -0.1) is 23.5 Å². The predicted octanol–water partition coefficient (Wildman–Crippen LogP) is 5.45. The molecule has 17 heavy (non-hydrogen) atoms. The Morgan fingerprint density at radius 1 is 0.882 bits per heavy atom. The first-order valence-electron chi connectivity index (χ1n) is 5.22. The van der Waals surface area contributed by atoms with Crippen molar-refractivity contribution in [1.29, 1.82) is 0 Å². The van der Waals surface area contributed by atoms with Crippen LogP contribution in [0.25, 0.3) is 11.1 Å². The van der Waals surface area contributed by atoms with E-state index in [1.807, 2.05) is 12.1 Å². The second-order valence-electron chi connectivity index (χ2n) is 3.57. The van der Waals surface area contributed by atoms with Crippen molar-refractivity contribution in [3.05, 3.63) is 47.5 Å². The maximum Gasteiger partial charge on any atom is 0.0406 e. The van der Waals surface area contributed by atoms with Crippen LogP contribution in [0.5, 0.6) is 0 Å². The zero-order chi connectivity index (χ0) is 12.3. The molecule has 2 rings (SSSR count). The van der Waals surface area contributed by atoms with Gasteiger partial charge in [-0.1, -0.05) is 23.7 Å². The lowest BCUT2D eigenvalue weighted by atomic mass is 10.1. The van der Waals surface area contributed by atoms with Crippen molar-refractivity contribution >= 4 is 35.1 Å². The van der Waals surface area contributed by atoms with E-state index in [0.29, 0.717) is 0 Å². The Balaban J connectivity index is 2.51. The summed E-state index contributed by atoms with van der Waals surface area (Å²) in [6.45, 7) is 0. The third kappa shape index (κ3) is 3.01. The van der Waals surface area contributed by atoms with E-state index in [9.17, 15) is 0 Å². The van der Waals surface area contributed by atoms with E-state index in [0.717, 1.165) is 5.02 Å². The molecule has 0 radical (unpaired) electrons. The number of hydrogen-bond donors (Lipinski definition) is 0. The Morgan fingerprint density at radius 3 is 2.18 bits per heavy atom. The largest absolute Gasteiger partial charge is 0.130 e. The van der Waals surface area contributed by atoms with Gasteiger partial charge in [-0.05, 0) is 54.0 Å². The average Bonchev–Trinajstić information content (AvgIpc) is 2.39. The molecule has 0 nitrogen and oxygen atoms in total. The molecule has 0 aliphatic rings. The summed E-state index contributed by atoms with van der Waals surface area (Å²) in [4.78, 5) is 2.58. The minimum absolute atomic E-state index is 0.778. The lowest BCUT2D eigenvalue weighted by molar-refractivity contribution is 1.35. The highest BCUT2D eigenvalue weighted by Crippen LogP contribution is 2.33. The molecule has 2 aromatic carbocycles. The molecule has 0 aliphatic carbocycles. The van der Waals surface area contributed by atoms with Crippen molar-refractivity contribution in [3.8, 4) is 11.1 Å². The summed E-state index contributed by atoms with van der Waals surface area (Å²) >= 11 is 9.46. The molecule has 0 heterocycles. The van der Waals surface area contributed by atoms with Gasteiger partial charge in [-0.2, -0.15) is 0 Å². The van der Waals surface area contributed by atoms with Crippen LogP contribution in [0.2, 0.25) is 5.02 Å². The summed E-state index contributed by atoms with van der Waals surface area (Å²) in [5.74, 6) is 0. The Labute approximate surface area is 116 Å². The van der Waals surface area contributed by atoms with Gasteiger partial charge in [0.1, 0.15) is 0 Å². The first kappa shape index (κ1) is 12.9. The Hall–Kier alpha value is -0.570. The van der Waals surface area contributed by atoms with E-state index in [-0.39, 0.29) is 0 Å². The van der Waals surface area contributed by atoms with Crippen molar-refractivity contribution in [1.82, 2.24) is 0 Å². The van der Waals surface area contributed by atoms with Crippen molar-refractivity contribution in [3.63, 3.8) is 0 Å². The molecule has 3 heteroatoms. The summed E-state index contributed by atoms with van der Waals surface area (Å²) in [6, 6.07) is 14.6. The average molecular weight is 281 g/mol. The van der Waals surface area contributed by atoms with Crippen LogP contribution < -0.4 is 0 Å². The summed E-state index contributed by atoms with van der Waals surface area (Å²) in [6.07, 6.45) is 4.20. The molecule has 0 spiro atoms. The van der Waals surface area contributed by atoms with E-state index < -0.39 is 0 Å². The molecule has 88 valence electrons. The van der Waals surface area contributed by atoms with Gasteiger partial charge in [0.05, 0.1) is 0 Å². The molecule has 0 saturated heterocycles. The van der Waals surface area contributed by atoms with Crippen LogP contribution in [0.15, 0.2) is 52.3 Å². The molecule has 0 N–H and O–H groups in total. The lowest BCUT2D eigenvalue weighted by Crippen LogP contribution is -1.83. The van der Waals surface area contributed by atoms with Crippen LogP contribution in [0.4, 0.5) is 0 Å². The zero-order valence-electron chi connectivity index (χ0n) is 9.74. The fourth-order valence-corrected chi connectivity index (χ4v) is 2.84. The molecule has 0 fully saturated rings. The Morgan fingerprint density at radius 2 is 1.59 bits per heavy atom. The molecule has 0 aliphatic heterocycles. The Bertz CT molecular complexity index is 506. The summed E-state index contributed by atoms with van der Waals surface area (Å²) in [5.41, 5.74) is 2.50. The molecule has 0 bridgehead atoms. The van der Waals surface area contributed by atoms with E-state index in [2.05, 4.69) is 42.8 Å². The summed E-state index contributed by atoms with van der Waals surface area (Å²) in [5, 5.41) is 0.778. The minimum atomic E-state index is 0.778. The van der Waals surface area contributed by atoms with Crippen LogP contribution in [0.3, 0.4) is 0 Å². The maximum atomic E-state index is 5.92. The number of thioether (sulfide) groups is 2. The number of halogens is 1. The van der Waals surface area contributed by atoms with Crippen LogP contribution >= 0.6 is 35.1 Å². The topological polar surface area (TPSA) is 0 Å². The van der Waals surface area contributed by atoms with E-state index in [1.165, 1.54) is 20.9 Å². The fourth-order valence-electron chi connectivity index (χ4n) is 1.67. The highest BCUT2D eigenvalue weighted by atomic mass is 35.5. The van der Waals surface area contributed by atoms with Crippen molar-refractivity contribution in [2.75, 3.05) is 12.5 Å². The quantitative estimate of drug-likeness (QED) is 0.686. The second-order valence-corrected chi connectivity index (χ2v) is 5.74. The normalized spacial score (nSPS) is 10.5. The SMILES string of the molecule is CSc1ccc(SC)c(-c2ccc(Cl)cc2)c1. The standard InChI is InChI=1S/C14H13ClS2/c1-16-12-7-8-14(17-2)13(9-12)10-3-5-11(15)6-4-10/h3-9H,1-2H3. The molecule has 0 aromatic heterocycles. The molecule has 2 aromatic rings. The van der Waals surface area contributed by atoms with Crippen LogP contribution in [-0.2, 0) is 0 Å². The van der Waals surface area contributed by atoms with Gasteiger partial charge in [0.25, 0.3) is 0 Å². The van der Waals surface area contributed by atoms with Gasteiger partial charge in [0.15, 0.2) is 0 Å². The van der Waals surface area contributed by atoms with E-state index >= 15 is 0 Å². The number of benzene rings is 2. The second kappa shape index (κ2) is 5.85. The Kier molecular flexibility index (Phi) is 4.43. The van der Waals surface area contributed by atoms with Crippen LogP contribution in [0.1, 0.15) is 0 Å². The third-order valence-electron chi connectivity index (χ3n) is 2.56. The van der Waals surface area contributed by atoms with Crippen molar-refractivity contribution in [2.24, 2.45) is 0 Å². The molecule has 0 saturated carbocycles. The summed E-state index contributed by atoms with van der Waals surface area (Å²) in [7, 11) is 0. The molecular formula is C14H13ClS2. The third-order valence-corrected chi connectivity index (χ3v) is 4.34. The lowest BCUT2D eigenvalue weighted by Gasteiger charge is -2.09. The summed E-state index contributed by atoms with van der Waals surface area (Å²) < 4.78 is 0. The van der Waals surface area contributed by atoms with Crippen molar-refractivity contribution in [2.45, 2.75) is 9.79 Å². The van der Waals surface area contributed by atoms with Gasteiger partial charge >= 0.3 is 0 Å². The van der Waals surface area contributed by atoms with E-state index in [4.69, 9.17) is 11.6 Å². The van der Waals surface area contributed by atoms with Crippen molar-refractivity contribution < 1.29 is 0 Å². The van der Waals surface area contributed by atoms with Gasteiger partial charge in [0, 0.05) is 14.8 Å². The van der Waals surface area contributed by atoms with Gasteiger partial charge in [0.2, 0.25) is 0 Å². The maximum absolute atomic E-state index is 5.92. The van der Waals surface area contributed by atoms with Gasteiger partial charge in [-0.25, -0.2) is 0 Å². The van der Waals surface area contributed by atoms with Crippen LogP contribution in [0, 0.1) is 0 Å². The van der Waals surface area contributed by atoms with Crippen LogP contribution in [-0.4, -0.2) is 12.5 Å². The first-order valence-corrected chi connectivity index (χ1v) is 8.05. The fraction of sp³-hybridized carbons (Fsp3) is 0.143. The smallest absolute Gasteiger partial charge is 0.0406 e. The molecule has 0 unspecified atom stereocenters. The molecular weight excluding hydrogens is 268 g/mol. The first-order chi connectivity index (χ1) is 8.24. The highest BCUT2D eigenvalue weighted by molar-refractivity contribution is 7.99. The monoisotopic (exact) mass is 280 g/mol. The minimum Gasteiger partial charge on any atom is -0.130 e. The number of rotatable bonds is 3. The van der Waals surface area contributed by atoms with Gasteiger partial charge in [-0.3, -0.25) is 0 Å². The predicted molar refractivity (Wildman–Crippen MR) is 80.5 cm³/mol. The highest BCUT2D eigenvalue weighted by Gasteiger charge is 2.05. The number of hydrogen-bond acceptors (Lipinski definition) is 2. The molecule has 0 atom stereocenters.